The van der Waals surface area contributed by atoms with Gasteiger partial charge < -0.3 is 0 Å². The molecule has 156 valence electrons. The topological polar surface area (TPSA) is 24.7 Å². The molecule has 0 radical (unpaired) electrons. The summed E-state index contributed by atoms with van der Waals surface area (Å²) in [5.74, 6) is -0.252. The SMILES string of the molecule is CC/C(=N/c1ccccc1)c1ccc2c(c1)N=C(c1ccc(F)cc1)c1ccccc1S2. The Balaban J connectivity index is 1.65. The highest BCUT2D eigenvalue weighted by Crippen LogP contribution is 2.41. The second kappa shape index (κ2) is 8.93. The van der Waals surface area contributed by atoms with Gasteiger partial charge in [-0.05, 0) is 66.6 Å². The fraction of sp³-hybridized carbons (Fsp3) is 0.0714. The summed E-state index contributed by atoms with van der Waals surface area (Å²) in [6, 6.07) is 31.2. The molecule has 0 aliphatic carbocycles. The normalized spacial score (nSPS) is 13.1. The first-order valence-electron chi connectivity index (χ1n) is 10.6. The number of rotatable bonds is 4. The van der Waals surface area contributed by atoms with Gasteiger partial charge in [0.05, 0.1) is 17.1 Å². The summed E-state index contributed by atoms with van der Waals surface area (Å²) in [4.78, 5) is 12.2. The summed E-state index contributed by atoms with van der Waals surface area (Å²) >= 11 is 1.71. The fourth-order valence-corrected chi connectivity index (χ4v) is 4.76. The lowest BCUT2D eigenvalue weighted by atomic mass is 10.0. The number of nitrogens with zero attached hydrogens (tertiary/aromatic N) is 2. The molecule has 0 fully saturated rings. The van der Waals surface area contributed by atoms with Crippen LogP contribution < -0.4 is 0 Å². The Hall–Kier alpha value is -3.50. The number of aliphatic imine (C=N–C) groups is 2. The van der Waals surface area contributed by atoms with E-state index in [1.165, 1.54) is 12.1 Å². The van der Waals surface area contributed by atoms with Crippen molar-refractivity contribution in [3.8, 4) is 0 Å². The zero-order valence-electron chi connectivity index (χ0n) is 17.6. The molecule has 1 heterocycles. The lowest BCUT2D eigenvalue weighted by molar-refractivity contribution is 0.628. The minimum absolute atomic E-state index is 0.252. The Bertz CT molecular complexity index is 1330. The lowest BCUT2D eigenvalue weighted by Crippen LogP contribution is -2.04. The standard InChI is InChI=1S/C28H21FN2S/c1-2-24(30-22-8-4-3-5-9-22)20-14-17-27-25(18-20)31-28(19-12-15-21(29)16-13-19)23-10-6-7-11-26(23)32-27/h3-18H,2H2,1H3/b30-24-. The lowest BCUT2D eigenvalue weighted by Gasteiger charge is -2.09. The average Bonchev–Trinajstić information content (AvgIpc) is 3.00. The van der Waals surface area contributed by atoms with E-state index in [0.717, 1.165) is 55.7 Å². The fourth-order valence-electron chi connectivity index (χ4n) is 3.75. The number of hydrogen-bond acceptors (Lipinski definition) is 3. The second-order valence-corrected chi connectivity index (χ2v) is 8.58. The van der Waals surface area contributed by atoms with Gasteiger partial charge in [-0.3, -0.25) is 4.99 Å². The van der Waals surface area contributed by atoms with Crippen molar-refractivity contribution in [2.45, 2.75) is 23.1 Å². The van der Waals surface area contributed by atoms with Crippen LogP contribution >= 0.6 is 11.8 Å². The molecular formula is C28H21FN2S. The highest BCUT2D eigenvalue weighted by atomic mass is 32.2. The first-order valence-corrected chi connectivity index (χ1v) is 11.4. The minimum atomic E-state index is -0.252. The van der Waals surface area contributed by atoms with Crippen LogP contribution in [0.25, 0.3) is 0 Å². The summed E-state index contributed by atoms with van der Waals surface area (Å²) in [6.45, 7) is 2.12. The van der Waals surface area contributed by atoms with Crippen LogP contribution in [0.2, 0.25) is 0 Å². The molecule has 0 N–H and O–H groups in total. The van der Waals surface area contributed by atoms with E-state index >= 15 is 0 Å². The third-order valence-electron chi connectivity index (χ3n) is 5.36. The number of benzene rings is 4. The molecule has 32 heavy (non-hydrogen) atoms. The Morgan fingerprint density at radius 1 is 0.844 bits per heavy atom. The maximum absolute atomic E-state index is 13.6. The van der Waals surface area contributed by atoms with Crippen LogP contribution in [0.1, 0.15) is 30.0 Å². The van der Waals surface area contributed by atoms with Crippen molar-refractivity contribution in [1.82, 2.24) is 0 Å². The van der Waals surface area contributed by atoms with Gasteiger partial charge in [-0.2, -0.15) is 0 Å². The molecule has 2 nitrogen and oxygen atoms in total. The number of halogens is 1. The van der Waals surface area contributed by atoms with Crippen molar-refractivity contribution in [1.29, 1.82) is 0 Å². The van der Waals surface area contributed by atoms with Gasteiger partial charge in [-0.1, -0.05) is 61.2 Å². The highest BCUT2D eigenvalue weighted by molar-refractivity contribution is 7.99. The molecule has 0 unspecified atom stereocenters. The molecule has 0 spiro atoms. The van der Waals surface area contributed by atoms with E-state index in [-0.39, 0.29) is 5.82 Å². The molecule has 0 saturated carbocycles. The van der Waals surface area contributed by atoms with E-state index < -0.39 is 0 Å². The van der Waals surface area contributed by atoms with Gasteiger partial charge in [-0.15, -0.1) is 0 Å². The van der Waals surface area contributed by atoms with Crippen molar-refractivity contribution in [2.24, 2.45) is 9.98 Å². The third kappa shape index (κ3) is 4.14. The molecule has 0 saturated heterocycles. The monoisotopic (exact) mass is 436 g/mol. The van der Waals surface area contributed by atoms with E-state index in [1.807, 2.05) is 42.5 Å². The zero-order valence-corrected chi connectivity index (χ0v) is 18.4. The Labute approximate surface area is 191 Å². The summed E-state index contributed by atoms with van der Waals surface area (Å²) in [7, 11) is 0. The highest BCUT2D eigenvalue weighted by Gasteiger charge is 2.19. The molecular weight excluding hydrogens is 415 g/mol. The van der Waals surface area contributed by atoms with Gasteiger partial charge in [0.1, 0.15) is 5.82 Å². The minimum Gasteiger partial charge on any atom is -0.253 e. The van der Waals surface area contributed by atoms with Gasteiger partial charge in [0.15, 0.2) is 0 Å². The van der Waals surface area contributed by atoms with Crippen LogP contribution in [0.15, 0.2) is 117 Å². The van der Waals surface area contributed by atoms with E-state index in [2.05, 4.69) is 37.3 Å². The molecule has 0 aromatic heterocycles. The van der Waals surface area contributed by atoms with Gasteiger partial charge >= 0.3 is 0 Å². The maximum atomic E-state index is 13.6. The summed E-state index contributed by atoms with van der Waals surface area (Å²) in [5.41, 5.74) is 6.71. The number of para-hydroxylation sites is 1. The van der Waals surface area contributed by atoms with Gasteiger partial charge in [0.25, 0.3) is 0 Å². The molecule has 0 atom stereocenters. The molecule has 4 aromatic carbocycles. The maximum Gasteiger partial charge on any atom is 0.123 e. The molecule has 0 bridgehead atoms. The number of hydrogen-bond donors (Lipinski definition) is 0. The molecule has 4 heteroatoms. The summed E-state index contributed by atoms with van der Waals surface area (Å²) in [5, 5.41) is 0. The second-order valence-electron chi connectivity index (χ2n) is 7.50. The van der Waals surface area contributed by atoms with Crippen LogP contribution in [-0.2, 0) is 0 Å². The van der Waals surface area contributed by atoms with Crippen molar-refractivity contribution < 1.29 is 4.39 Å². The average molecular weight is 437 g/mol. The summed E-state index contributed by atoms with van der Waals surface area (Å²) in [6.07, 6.45) is 0.815. The van der Waals surface area contributed by atoms with Gasteiger partial charge in [0.2, 0.25) is 0 Å². The predicted octanol–water partition coefficient (Wildman–Crippen LogP) is 7.99. The van der Waals surface area contributed by atoms with E-state index in [0.29, 0.717) is 0 Å². The van der Waals surface area contributed by atoms with E-state index in [1.54, 1.807) is 23.9 Å². The van der Waals surface area contributed by atoms with Gasteiger partial charge in [0, 0.05) is 26.6 Å². The van der Waals surface area contributed by atoms with Crippen LogP contribution in [-0.4, -0.2) is 11.4 Å². The molecule has 0 amide bonds. The zero-order chi connectivity index (χ0) is 21.9. The van der Waals surface area contributed by atoms with Crippen LogP contribution in [0.3, 0.4) is 0 Å². The predicted molar refractivity (Wildman–Crippen MR) is 132 cm³/mol. The number of fused-ring (bicyclic) bond motifs is 2. The van der Waals surface area contributed by atoms with Crippen LogP contribution in [0, 0.1) is 5.82 Å². The Morgan fingerprint density at radius 3 is 2.38 bits per heavy atom. The molecule has 4 aromatic rings. The first-order chi connectivity index (χ1) is 15.7. The summed E-state index contributed by atoms with van der Waals surface area (Å²) < 4.78 is 13.6. The van der Waals surface area contributed by atoms with E-state index in [9.17, 15) is 4.39 Å². The van der Waals surface area contributed by atoms with Crippen molar-refractivity contribution in [3.05, 3.63) is 120 Å². The smallest absolute Gasteiger partial charge is 0.123 e. The molecule has 1 aliphatic rings. The van der Waals surface area contributed by atoms with Crippen LogP contribution in [0.5, 0.6) is 0 Å². The van der Waals surface area contributed by atoms with E-state index in [4.69, 9.17) is 9.98 Å². The molecule has 1 aliphatic heterocycles. The third-order valence-corrected chi connectivity index (χ3v) is 6.50. The van der Waals surface area contributed by atoms with Crippen LogP contribution in [0.4, 0.5) is 15.8 Å². The van der Waals surface area contributed by atoms with Gasteiger partial charge in [-0.25, -0.2) is 9.38 Å². The largest absolute Gasteiger partial charge is 0.253 e. The Morgan fingerprint density at radius 2 is 1.59 bits per heavy atom. The first kappa shape index (κ1) is 20.4. The van der Waals surface area contributed by atoms with Crippen molar-refractivity contribution >= 4 is 34.6 Å². The molecule has 5 rings (SSSR count). The van der Waals surface area contributed by atoms with Crippen molar-refractivity contribution in [3.63, 3.8) is 0 Å². The van der Waals surface area contributed by atoms with Crippen molar-refractivity contribution in [2.75, 3.05) is 0 Å². The Kier molecular flexibility index (Phi) is 5.70. The quantitative estimate of drug-likeness (QED) is 0.262.